The van der Waals surface area contributed by atoms with Crippen LogP contribution in [-0.2, 0) is 21.8 Å². The van der Waals surface area contributed by atoms with E-state index in [9.17, 15) is 13.2 Å². The third kappa shape index (κ3) is 3.99. The summed E-state index contributed by atoms with van der Waals surface area (Å²) in [5.41, 5.74) is 0.406. The predicted molar refractivity (Wildman–Crippen MR) is 91.5 cm³/mol. The van der Waals surface area contributed by atoms with Gasteiger partial charge < -0.3 is 14.2 Å². The lowest BCUT2D eigenvalue weighted by atomic mass is 10.3. The van der Waals surface area contributed by atoms with Gasteiger partial charge in [-0.1, -0.05) is 13.8 Å². The molecule has 0 unspecified atom stereocenters. The number of carbonyl (C=O) groups excluding carboxylic acids is 1. The molecule has 2 rings (SSSR count). The molecule has 1 amide bonds. The van der Waals surface area contributed by atoms with Crippen molar-refractivity contribution < 1.29 is 17.9 Å². The van der Waals surface area contributed by atoms with Crippen LogP contribution in [0.1, 0.15) is 37.2 Å². The van der Waals surface area contributed by atoms with Gasteiger partial charge in [-0.15, -0.1) is 0 Å². The van der Waals surface area contributed by atoms with Crippen molar-refractivity contribution in [1.29, 1.82) is 0 Å². The van der Waals surface area contributed by atoms with Crippen molar-refractivity contribution in [3.05, 3.63) is 18.0 Å². The smallest absolute Gasteiger partial charge is 0.270 e. The molecule has 0 radical (unpaired) electrons. The average Bonchev–Trinajstić information content (AvgIpc) is 2.97. The highest BCUT2D eigenvalue weighted by molar-refractivity contribution is 7.89. The fraction of sp³-hybridized carbons (Fsp3) is 0.688. The van der Waals surface area contributed by atoms with E-state index >= 15 is 0 Å². The molecular weight excluding hydrogens is 330 g/mol. The van der Waals surface area contributed by atoms with Crippen LogP contribution in [0.15, 0.2) is 17.2 Å². The molecule has 0 saturated carbocycles. The molecule has 1 aliphatic heterocycles. The number of ether oxygens (including phenoxy) is 1. The monoisotopic (exact) mass is 357 g/mol. The minimum Gasteiger partial charge on any atom is -0.379 e. The summed E-state index contributed by atoms with van der Waals surface area (Å²) in [6, 6.07) is 1.49. The third-order valence-electron chi connectivity index (χ3n) is 4.08. The molecule has 1 fully saturated rings. The lowest BCUT2D eigenvalue weighted by Crippen LogP contribution is -2.40. The van der Waals surface area contributed by atoms with Crippen molar-refractivity contribution in [3.8, 4) is 0 Å². The zero-order valence-corrected chi connectivity index (χ0v) is 15.5. The van der Waals surface area contributed by atoms with Gasteiger partial charge in [0.05, 0.1) is 13.2 Å². The van der Waals surface area contributed by atoms with Gasteiger partial charge in [0.1, 0.15) is 10.6 Å². The summed E-state index contributed by atoms with van der Waals surface area (Å²) in [6.45, 7) is 6.88. The topological polar surface area (TPSA) is 71.8 Å². The van der Waals surface area contributed by atoms with Gasteiger partial charge in [0, 0.05) is 39.4 Å². The summed E-state index contributed by atoms with van der Waals surface area (Å²) >= 11 is 0. The number of amides is 1. The predicted octanol–water partition coefficient (Wildman–Crippen LogP) is 1.31. The quantitative estimate of drug-likeness (QED) is 0.738. The number of morpholine rings is 1. The van der Waals surface area contributed by atoms with Crippen molar-refractivity contribution in [2.45, 2.75) is 31.6 Å². The fourth-order valence-corrected chi connectivity index (χ4v) is 4.32. The second-order valence-electron chi connectivity index (χ2n) is 5.98. The summed E-state index contributed by atoms with van der Waals surface area (Å²) in [5, 5.41) is 0. The second kappa shape index (κ2) is 8.13. The largest absolute Gasteiger partial charge is 0.379 e. The first-order valence-corrected chi connectivity index (χ1v) is 9.89. The Balaban J connectivity index is 2.27. The standard InChI is InChI=1S/C16H27N3O4S/c1-4-6-18(7-5-2)16(20)15-12-14(13-17(15)3)24(21,22)19-8-10-23-11-9-19/h12-13H,4-11H2,1-3H3. The van der Waals surface area contributed by atoms with Crippen LogP contribution in [0.3, 0.4) is 0 Å². The van der Waals surface area contributed by atoms with Crippen LogP contribution in [0.4, 0.5) is 0 Å². The van der Waals surface area contributed by atoms with Gasteiger partial charge >= 0.3 is 0 Å². The first-order chi connectivity index (χ1) is 11.4. The van der Waals surface area contributed by atoms with Gasteiger partial charge in [-0.25, -0.2) is 8.42 Å². The van der Waals surface area contributed by atoms with Crippen molar-refractivity contribution in [2.24, 2.45) is 7.05 Å². The third-order valence-corrected chi connectivity index (χ3v) is 5.95. The van der Waals surface area contributed by atoms with Crippen molar-refractivity contribution in [3.63, 3.8) is 0 Å². The molecule has 0 N–H and O–H groups in total. The number of hydrogen-bond donors (Lipinski definition) is 0. The maximum absolute atomic E-state index is 12.7. The molecule has 1 aliphatic rings. The first kappa shape index (κ1) is 19.0. The second-order valence-corrected chi connectivity index (χ2v) is 7.92. The van der Waals surface area contributed by atoms with Crippen molar-refractivity contribution in [1.82, 2.24) is 13.8 Å². The molecule has 1 aromatic rings. The van der Waals surface area contributed by atoms with Crippen LogP contribution in [0.25, 0.3) is 0 Å². The number of sulfonamides is 1. The first-order valence-electron chi connectivity index (χ1n) is 8.45. The molecule has 0 aliphatic carbocycles. The lowest BCUT2D eigenvalue weighted by molar-refractivity contribution is 0.0730. The van der Waals surface area contributed by atoms with Crippen LogP contribution >= 0.6 is 0 Å². The average molecular weight is 357 g/mol. The highest BCUT2D eigenvalue weighted by atomic mass is 32.2. The van der Waals surface area contributed by atoms with Crippen LogP contribution < -0.4 is 0 Å². The fourth-order valence-electron chi connectivity index (χ4n) is 2.84. The maximum atomic E-state index is 12.7. The van der Waals surface area contributed by atoms with E-state index in [-0.39, 0.29) is 10.8 Å². The summed E-state index contributed by atoms with van der Waals surface area (Å²) in [4.78, 5) is 14.7. The highest BCUT2D eigenvalue weighted by Gasteiger charge is 2.29. The zero-order chi connectivity index (χ0) is 17.7. The Bertz CT molecular complexity index is 657. The Morgan fingerprint density at radius 1 is 1.21 bits per heavy atom. The Labute approximate surface area is 144 Å². The van der Waals surface area contributed by atoms with Gasteiger partial charge in [-0.3, -0.25) is 4.79 Å². The van der Waals surface area contributed by atoms with Gasteiger partial charge in [0.15, 0.2) is 0 Å². The van der Waals surface area contributed by atoms with E-state index in [2.05, 4.69) is 0 Å². The number of hydrogen-bond acceptors (Lipinski definition) is 4. The van der Waals surface area contributed by atoms with Crippen LogP contribution in [-0.4, -0.2) is 67.5 Å². The van der Waals surface area contributed by atoms with E-state index in [4.69, 9.17) is 4.74 Å². The Morgan fingerprint density at radius 3 is 2.33 bits per heavy atom. The van der Waals surface area contributed by atoms with Gasteiger partial charge in [-0.2, -0.15) is 4.31 Å². The SMILES string of the molecule is CCCN(CCC)C(=O)c1cc(S(=O)(=O)N2CCOCC2)cn1C. The molecule has 24 heavy (non-hydrogen) atoms. The van der Waals surface area contributed by atoms with Gasteiger partial charge in [-0.05, 0) is 18.9 Å². The normalized spacial score (nSPS) is 16.3. The minimum absolute atomic E-state index is 0.121. The van der Waals surface area contributed by atoms with Crippen LogP contribution in [0, 0.1) is 0 Å². The maximum Gasteiger partial charge on any atom is 0.270 e. The summed E-state index contributed by atoms with van der Waals surface area (Å²) in [5.74, 6) is -0.121. The van der Waals surface area contributed by atoms with Crippen molar-refractivity contribution >= 4 is 15.9 Å². The van der Waals surface area contributed by atoms with E-state index in [1.807, 2.05) is 13.8 Å². The molecule has 2 heterocycles. The van der Waals surface area contributed by atoms with Crippen molar-refractivity contribution in [2.75, 3.05) is 39.4 Å². The molecule has 1 aromatic heterocycles. The number of rotatable bonds is 7. The molecule has 0 spiro atoms. The number of carbonyl (C=O) groups is 1. The lowest BCUT2D eigenvalue weighted by Gasteiger charge is -2.25. The molecule has 8 heteroatoms. The summed E-state index contributed by atoms with van der Waals surface area (Å²) in [6.07, 6.45) is 3.26. The number of nitrogens with zero attached hydrogens (tertiary/aromatic N) is 3. The van der Waals surface area contributed by atoms with E-state index in [1.54, 1.807) is 16.5 Å². The molecule has 0 aromatic carbocycles. The molecular formula is C16H27N3O4S. The Kier molecular flexibility index (Phi) is 6.42. The van der Waals surface area contributed by atoms with E-state index < -0.39 is 10.0 Å². The number of aryl methyl sites for hydroxylation is 1. The minimum atomic E-state index is -3.59. The molecule has 7 nitrogen and oxygen atoms in total. The molecule has 1 saturated heterocycles. The molecule has 0 bridgehead atoms. The summed E-state index contributed by atoms with van der Waals surface area (Å²) < 4.78 is 33.7. The van der Waals surface area contributed by atoms with Gasteiger partial charge in [0.25, 0.3) is 5.91 Å². The van der Waals surface area contributed by atoms with Crippen LogP contribution in [0.2, 0.25) is 0 Å². The Morgan fingerprint density at radius 2 is 1.79 bits per heavy atom. The number of aromatic nitrogens is 1. The van der Waals surface area contributed by atoms with E-state index in [0.29, 0.717) is 45.1 Å². The Hall–Kier alpha value is -1.38. The zero-order valence-electron chi connectivity index (χ0n) is 14.7. The highest BCUT2D eigenvalue weighted by Crippen LogP contribution is 2.20. The van der Waals surface area contributed by atoms with E-state index in [1.165, 1.54) is 16.6 Å². The summed E-state index contributed by atoms with van der Waals surface area (Å²) in [7, 11) is -1.88. The van der Waals surface area contributed by atoms with E-state index in [0.717, 1.165) is 12.8 Å². The molecule has 136 valence electrons. The van der Waals surface area contributed by atoms with Gasteiger partial charge in [0.2, 0.25) is 10.0 Å². The molecule has 0 atom stereocenters. The van der Waals surface area contributed by atoms with Crippen LogP contribution in [0.5, 0.6) is 0 Å².